The van der Waals surface area contributed by atoms with E-state index in [-0.39, 0.29) is 6.07 Å². The van der Waals surface area contributed by atoms with Crippen molar-refractivity contribution in [1.29, 1.82) is 0 Å². The zero-order valence-electron chi connectivity index (χ0n) is 13.8. The molecule has 0 radical (unpaired) electrons. The van der Waals surface area contributed by atoms with Crippen LogP contribution in [0.5, 0.6) is 0 Å². The van der Waals surface area contributed by atoms with Crippen LogP contribution in [0.25, 0.3) is 0 Å². The highest BCUT2D eigenvalue weighted by Crippen LogP contribution is 2.37. The number of hydrogen-bond donors (Lipinski definition) is 2. The van der Waals surface area contributed by atoms with E-state index in [4.69, 9.17) is 0 Å². The Morgan fingerprint density at radius 2 is 1.33 bits per heavy atom. The van der Waals surface area contributed by atoms with Crippen LogP contribution in [0.4, 0.5) is 42.5 Å². The van der Waals surface area contributed by atoms with E-state index in [1.807, 2.05) is 12.2 Å². The van der Waals surface area contributed by atoms with Gasteiger partial charge in [0.15, 0.2) is 0 Å². The molecular formula is C17H14F6N2OS. The van der Waals surface area contributed by atoms with Crippen LogP contribution >= 0.6 is 11.8 Å². The third-order valence-corrected chi connectivity index (χ3v) is 4.16. The Balaban J connectivity index is 2.18. The molecular weight excluding hydrogens is 394 g/mol. The summed E-state index contributed by atoms with van der Waals surface area (Å²) in [6.45, 7) is 1.97. The van der Waals surface area contributed by atoms with Gasteiger partial charge in [-0.2, -0.15) is 26.3 Å². The average molecular weight is 408 g/mol. The van der Waals surface area contributed by atoms with Crippen LogP contribution in [0.1, 0.15) is 18.1 Å². The van der Waals surface area contributed by atoms with Crippen molar-refractivity contribution in [2.75, 3.05) is 16.4 Å². The van der Waals surface area contributed by atoms with Gasteiger partial charge in [-0.1, -0.05) is 6.92 Å². The molecule has 0 saturated heterocycles. The van der Waals surface area contributed by atoms with Crippen molar-refractivity contribution in [1.82, 2.24) is 0 Å². The van der Waals surface area contributed by atoms with Crippen molar-refractivity contribution in [3.63, 3.8) is 0 Å². The Morgan fingerprint density at radius 1 is 0.852 bits per heavy atom. The molecule has 0 saturated carbocycles. The molecule has 0 aliphatic carbocycles. The molecule has 146 valence electrons. The first-order valence-electron chi connectivity index (χ1n) is 7.59. The molecule has 2 aromatic rings. The van der Waals surface area contributed by atoms with Gasteiger partial charge in [-0.3, -0.25) is 0 Å². The summed E-state index contributed by atoms with van der Waals surface area (Å²) in [6.07, 6.45) is -9.97. The highest BCUT2D eigenvalue weighted by Gasteiger charge is 2.37. The maximum atomic E-state index is 12.8. The topological polar surface area (TPSA) is 41.1 Å². The van der Waals surface area contributed by atoms with Crippen LogP contribution in [0.2, 0.25) is 0 Å². The second-order valence-corrected chi connectivity index (χ2v) is 6.67. The molecule has 2 aromatic carbocycles. The molecule has 27 heavy (non-hydrogen) atoms. The summed E-state index contributed by atoms with van der Waals surface area (Å²) in [5.74, 6) is 0.852. The van der Waals surface area contributed by atoms with E-state index in [1.54, 1.807) is 36.0 Å². The number of halogens is 6. The van der Waals surface area contributed by atoms with Crippen molar-refractivity contribution in [2.45, 2.75) is 24.2 Å². The molecule has 2 N–H and O–H groups in total. The Bertz CT molecular complexity index is 770. The number of rotatable bonds is 4. The van der Waals surface area contributed by atoms with Crippen LogP contribution in [0.3, 0.4) is 0 Å². The minimum Gasteiger partial charge on any atom is -0.308 e. The summed E-state index contributed by atoms with van der Waals surface area (Å²) < 4.78 is 76.9. The minimum absolute atomic E-state index is 0.00674. The monoisotopic (exact) mass is 408 g/mol. The van der Waals surface area contributed by atoms with E-state index in [0.29, 0.717) is 17.8 Å². The summed E-state index contributed by atoms with van der Waals surface area (Å²) in [5.41, 5.74) is -3.29. The fraction of sp³-hybridized carbons (Fsp3) is 0.235. The number of amides is 2. The zero-order valence-corrected chi connectivity index (χ0v) is 14.6. The minimum atomic E-state index is -4.99. The highest BCUT2D eigenvalue weighted by atomic mass is 32.2. The first-order valence-corrected chi connectivity index (χ1v) is 8.58. The summed E-state index contributed by atoms with van der Waals surface area (Å²) in [7, 11) is 0. The highest BCUT2D eigenvalue weighted by molar-refractivity contribution is 7.99. The lowest BCUT2D eigenvalue weighted by atomic mass is 10.1. The number of anilines is 2. The average Bonchev–Trinajstić information content (AvgIpc) is 2.55. The Morgan fingerprint density at radius 3 is 1.78 bits per heavy atom. The van der Waals surface area contributed by atoms with E-state index in [0.717, 1.165) is 10.6 Å². The summed E-state index contributed by atoms with van der Waals surface area (Å²) in [6, 6.07) is 6.53. The van der Waals surface area contributed by atoms with Gasteiger partial charge in [-0.25, -0.2) is 4.79 Å². The maximum absolute atomic E-state index is 12.8. The predicted molar refractivity (Wildman–Crippen MR) is 91.9 cm³/mol. The van der Waals surface area contributed by atoms with Gasteiger partial charge in [0.1, 0.15) is 0 Å². The van der Waals surface area contributed by atoms with Crippen molar-refractivity contribution >= 4 is 29.2 Å². The Kier molecular flexibility index (Phi) is 6.30. The quantitative estimate of drug-likeness (QED) is 0.449. The second-order valence-electron chi connectivity index (χ2n) is 5.33. The zero-order chi connectivity index (χ0) is 20.2. The van der Waals surface area contributed by atoms with Crippen molar-refractivity contribution in [3.8, 4) is 0 Å². The van der Waals surface area contributed by atoms with E-state index in [2.05, 4.69) is 5.32 Å². The molecule has 10 heteroatoms. The number of hydrogen-bond acceptors (Lipinski definition) is 2. The molecule has 0 aliphatic heterocycles. The maximum Gasteiger partial charge on any atom is 0.416 e. The molecule has 0 fully saturated rings. The van der Waals surface area contributed by atoms with Gasteiger partial charge in [0.05, 0.1) is 11.1 Å². The van der Waals surface area contributed by atoms with Gasteiger partial charge in [0.25, 0.3) is 0 Å². The smallest absolute Gasteiger partial charge is 0.308 e. The second kappa shape index (κ2) is 8.12. The fourth-order valence-electron chi connectivity index (χ4n) is 2.12. The van der Waals surface area contributed by atoms with Gasteiger partial charge in [0, 0.05) is 16.3 Å². The molecule has 2 amide bonds. The summed E-state index contributed by atoms with van der Waals surface area (Å²) in [5, 5.41) is 4.35. The standard InChI is InChI=1S/C17H14F6N2OS/c1-2-27-14-5-3-12(4-6-14)24-15(26)25-13-8-10(16(18,19)20)7-11(9-13)17(21,22)23/h3-9H,2H2,1H3,(H2,24,25,26). The van der Waals surface area contributed by atoms with Crippen molar-refractivity contribution in [2.24, 2.45) is 0 Å². The molecule has 0 spiro atoms. The van der Waals surface area contributed by atoms with Crippen LogP contribution in [-0.4, -0.2) is 11.8 Å². The number of benzene rings is 2. The Labute approximate surface area is 155 Å². The summed E-state index contributed by atoms with van der Waals surface area (Å²) >= 11 is 1.57. The predicted octanol–water partition coefficient (Wildman–Crippen LogP) is 6.48. The first-order chi connectivity index (χ1) is 12.5. The molecule has 0 unspecified atom stereocenters. The van der Waals surface area contributed by atoms with E-state index >= 15 is 0 Å². The summed E-state index contributed by atoms with van der Waals surface area (Å²) in [4.78, 5) is 12.9. The third kappa shape index (κ3) is 6.09. The number of nitrogens with one attached hydrogen (secondary N) is 2. The molecule has 3 nitrogen and oxygen atoms in total. The molecule has 0 heterocycles. The number of alkyl halides is 6. The van der Waals surface area contributed by atoms with Crippen LogP contribution in [0.15, 0.2) is 47.4 Å². The molecule has 2 rings (SSSR count). The van der Waals surface area contributed by atoms with Crippen molar-refractivity contribution < 1.29 is 31.1 Å². The molecule has 0 aliphatic rings. The third-order valence-electron chi connectivity index (χ3n) is 3.27. The van der Waals surface area contributed by atoms with Gasteiger partial charge < -0.3 is 10.6 Å². The van der Waals surface area contributed by atoms with Crippen LogP contribution in [0, 0.1) is 0 Å². The van der Waals surface area contributed by atoms with Crippen molar-refractivity contribution in [3.05, 3.63) is 53.6 Å². The lowest BCUT2D eigenvalue weighted by Crippen LogP contribution is -2.20. The number of thioether (sulfide) groups is 1. The van der Waals surface area contributed by atoms with Gasteiger partial charge in [-0.15, -0.1) is 11.8 Å². The molecule has 0 bridgehead atoms. The normalized spacial score (nSPS) is 12.0. The van der Waals surface area contributed by atoms with Gasteiger partial charge in [0.2, 0.25) is 0 Å². The molecule has 0 atom stereocenters. The SMILES string of the molecule is CCSc1ccc(NC(=O)Nc2cc(C(F)(F)F)cc(C(F)(F)F)c2)cc1. The van der Waals surface area contributed by atoms with E-state index < -0.39 is 35.2 Å². The van der Waals surface area contributed by atoms with E-state index in [9.17, 15) is 31.1 Å². The largest absolute Gasteiger partial charge is 0.416 e. The van der Waals surface area contributed by atoms with Crippen LogP contribution < -0.4 is 10.6 Å². The first kappa shape index (κ1) is 20.9. The Hall–Kier alpha value is -2.36. The van der Waals surface area contributed by atoms with E-state index in [1.165, 1.54) is 0 Å². The number of carbonyl (C=O) groups excluding carboxylic acids is 1. The lowest BCUT2D eigenvalue weighted by Gasteiger charge is -2.15. The van der Waals surface area contributed by atoms with Gasteiger partial charge >= 0.3 is 18.4 Å². The molecule has 0 aromatic heterocycles. The number of urea groups is 1. The number of carbonyl (C=O) groups is 1. The fourth-order valence-corrected chi connectivity index (χ4v) is 2.78. The van der Waals surface area contributed by atoms with Gasteiger partial charge in [-0.05, 0) is 48.2 Å². The van der Waals surface area contributed by atoms with Crippen LogP contribution in [-0.2, 0) is 12.4 Å². The lowest BCUT2D eigenvalue weighted by molar-refractivity contribution is -0.143.